The second-order valence-corrected chi connectivity index (χ2v) is 9.09. The van der Waals surface area contributed by atoms with Crippen LogP contribution < -0.4 is 16.0 Å². The smallest absolute Gasteiger partial charge is 0.253 e. The van der Waals surface area contributed by atoms with E-state index in [1.165, 1.54) is 6.07 Å². The number of alkyl halides is 3. The number of carbonyl (C=O) groups is 1. The van der Waals surface area contributed by atoms with Gasteiger partial charge in [0.25, 0.3) is 5.91 Å². The molecule has 1 unspecified atom stereocenters. The summed E-state index contributed by atoms with van der Waals surface area (Å²) in [6.07, 6.45) is -1.07. The summed E-state index contributed by atoms with van der Waals surface area (Å²) in [4.78, 5) is 12.4. The van der Waals surface area contributed by atoms with Crippen molar-refractivity contribution in [2.75, 3.05) is 5.32 Å². The molecule has 0 bridgehead atoms. The number of carbonyl (C=O) groups excluding carboxylic acids is 1. The lowest BCUT2D eigenvalue weighted by Crippen LogP contribution is -2.56. The van der Waals surface area contributed by atoms with Crippen LogP contribution in [0, 0.1) is 13.8 Å². The van der Waals surface area contributed by atoms with E-state index in [9.17, 15) is 4.79 Å². The Labute approximate surface area is 183 Å². The largest absolute Gasteiger partial charge is 0.339 e. The van der Waals surface area contributed by atoms with Crippen molar-refractivity contribution in [2.24, 2.45) is 0 Å². The average Bonchev–Trinajstić information content (AvgIpc) is 2.56. The Morgan fingerprint density at radius 3 is 2.37 bits per heavy atom. The van der Waals surface area contributed by atoms with Crippen LogP contribution in [0.3, 0.4) is 0 Å². The van der Waals surface area contributed by atoms with Crippen molar-refractivity contribution in [3.63, 3.8) is 0 Å². The van der Waals surface area contributed by atoms with Gasteiger partial charge in [0, 0.05) is 16.3 Å². The zero-order valence-electron chi connectivity index (χ0n) is 14.4. The van der Waals surface area contributed by atoms with Crippen molar-refractivity contribution in [1.29, 1.82) is 0 Å². The minimum atomic E-state index is -1.84. The van der Waals surface area contributed by atoms with Crippen molar-refractivity contribution < 1.29 is 4.79 Å². The highest BCUT2D eigenvalue weighted by Crippen LogP contribution is 2.29. The van der Waals surface area contributed by atoms with E-state index >= 15 is 0 Å². The second kappa shape index (κ2) is 9.30. The van der Waals surface area contributed by atoms with Crippen LogP contribution in [0.2, 0.25) is 5.02 Å². The van der Waals surface area contributed by atoms with Gasteiger partial charge in [-0.3, -0.25) is 4.79 Å². The van der Waals surface area contributed by atoms with E-state index in [1.54, 1.807) is 18.2 Å². The molecule has 0 spiro atoms. The standard InChI is InChI=1S/C18H17Cl4N3OS/c1-10-6-7-14(11(2)8-10)23-17(27)25-16(18(20,21)22)24-15(26)12-4-3-5-13(19)9-12/h3-9,16H,1-2H3,(H,24,26)(H2,23,25,27). The topological polar surface area (TPSA) is 53.2 Å². The van der Waals surface area contributed by atoms with Crippen molar-refractivity contribution in [3.05, 3.63) is 64.2 Å². The molecule has 27 heavy (non-hydrogen) atoms. The van der Waals surface area contributed by atoms with E-state index in [1.807, 2.05) is 32.0 Å². The van der Waals surface area contributed by atoms with E-state index in [4.69, 9.17) is 58.6 Å². The maximum atomic E-state index is 12.4. The first-order chi connectivity index (χ1) is 12.6. The summed E-state index contributed by atoms with van der Waals surface area (Å²) in [5.41, 5.74) is 3.27. The first-order valence-electron chi connectivity index (χ1n) is 7.84. The molecule has 0 radical (unpaired) electrons. The second-order valence-electron chi connectivity index (χ2n) is 5.88. The third kappa shape index (κ3) is 6.70. The highest BCUT2D eigenvalue weighted by Gasteiger charge is 2.35. The number of rotatable bonds is 4. The third-order valence-corrected chi connectivity index (χ3v) is 4.70. The first kappa shape index (κ1) is 22.1. The number of aryl methyl sites for hydroxylation is 2. The monoisotopic (exact) mass is 463 g/mol. The molecule has 0 aliphatic rings. The van der Waals surface area contributed by atoms with Crippen LogP contribution in [0.5, 0.6) is 0 Å². The predicted octanol–water partition coefficient (Wildman–Crippen LogP) is 5.37. The number of amides is 1. The first-order valence-corrected chi connectivity index (χ1v) is 9.76. The van der Waals surface area contributed by atoms with E-state index in [-0.39, 0.29) is 5.11 Å². The Morgan fingerprint density at radius 2 is 1.78 bits per heavy atom. The summed E-state index contributed by atoms with van der Waals surface area (Å²) in [6, 6.07) is 12.3. The fourth-order valence-corrected chi connectivity index (χ4v) is 3.03. The number of halogens is 4. The quantitative estimate of drug-likeness (QED) is 0.323. The number of nitrogens with one attached hydrogen (secondary N) is 3. The molecule has 0 fully saturated rings. The Morgan fingerprint density at radius 1 is 1.07 bits per heavy atom. The summed E-state index contributed by atoms with van der Waals surface area (Å²) in [6.45, 7) is 3.95. The van der Waals surface area contributed by atoms with Gasteiger partial charge in [-0.2, -0.15) is 0 Å². The van der Waals surface area contributed by atoms with E-state index in [0.29, 0.717) is 10.6 Å². The summed E-state index contributed by atoms with van der Waals surface area (Å²) in [7, 11) is 0. The molecular weight excluding hydrogens is 448 g/mol. The van der Waals surface area contributed by atoms with Crippen LogP contribution in [0.25, 0.3) is 0 Å². The number of hydrogen-bond acceptors (Lipinski definition) is 2. The maximum absolute atomic E-state index is 12.4. The molecule has 9 heteroatoms. The summed E-state index contributed by atoms with van der Waals surface area (Å²) >= 11 is 29.2. The zero-order chi connectivity index (χ0) is 20.2. The van der Waals surface area contributed by atoms with Crippen molar-refractivity contribution in [3.8, 4) is 0 Å². The Bertz CT molecular complexity index is 855. The molecule has 1 amide bonds. The molecule has 0 aromatic heterocycles. The van der Waals surface area contributed by atoms with Gasteiger partial charge in [0.15, 0.2) is 5.11 Å². The van der Waals surface area contributed by atoms with Crippen LogP contribution in [0.15, 0.2) is 42.5 Å². The van der Waals surface area contributed by atoms with Gasteiger partial charge in [-0.05, 0) is 55.9 Å². The number of anilines is 1. The molecule has 0 heterocycles. The Hall–Kier alpha value is -1.24. The third-order valence-electron chi connectivity index (χ3n) is 3.60. The molecule has 4 nitrogen and oxygen atoms in total. The van der Waals surface area contributed by atoms with E-state index < -0.39 is 15.9 Å². The van der Waals surface area contributed by atoms with Crippen LogP contribution in [0.1, 0.15) is 21.5 Å². The molecule has 0 saturated heterocycles. The molecule has 0 aliphatic heterocycles. The van der Waals surface area contributed by atoms with Crippen LogP contribution in [-0.4, -0.2) is 21.0 Å². The average molecular weight is 465 g/mol. The number of benzene rings is 2. The number of thiocarbonyl (C=S) groups is 1. The molecule has 0 aliphatic carbocycles. The van der Waals surface area contributed by atoms with Crippen LogP contribution in [0.4, 0.5) is 5.69 Å². The van der Waals surface area contributed by atoms with Crippen LogP contribution >= 0.6 is 58.6 Å². The van der Waals surface area contributed by atoms with Crippen molar-refractivity contribution >= 4 is 75.3 Å². The summed E-state index contributed by atoms with van der Waals surface area (Å²) in [5.74, 6) is -0.462. The van der Waals surface area contributed by atoms with E-state index in [2.05, 4.69) is 16.0 Å². The zero-order valence-corrected chi connectivity index (χ0v) is 18.3. The van der Waals surface area contributed by atoms with Crippen molar-refractivity contribution in [1.82, 2.24) is 10.6 Å². The lowest BCUT2D eigenvalue weighted by atomic mass is 10.1. The maximum Gasteiger partial charge on any atom is 0.253 e. The molecule has 144 valence electrons. The lowest BCUT2D eigenvalue weighted by molar-refractivity contribution is 0.0934. The van der Waals surface area contributed by atoms with Gasteiger partial charge in [-0.25, -0.2) is 0 Å². The molecule has 2 aromatic rings. The van der Waals surface area contributed by atoms with Gasteiger partial charge in [0.2, 0.25) is 3.79 Å². The summed E-state index contributed by atoms with van der Waals surface area (Å²) < 4.78 is -1.84. The molecular formula is C18H17Cl4N3OS. The molecule has 2 rings (SSSR count). The van der Waals surface area contributed by atoms with Gasteiger partial charge >= 0.3 is 0 Å². The molecule has 2 aromatic carbocycles. The Kier molecular flexibility index (Phi) is 7.60. The van der Waals surface area contributed by atoms with Gasteiger partial charge in [-0.1, -0.05) is 70.2 Å². The Balaban J connectivity index is 2.10. The minimum absolute atomic E-state index is 0.199. The molecule has 0 saturated carbocycles. The SMILES string of the molecule is Cc1ccc(NC(=S)NC(NC(=O)c2cccc(Cl)c2)C(Cl)(Cl)Cl)c(C)c1. The minimum Gasteiger partial charge on any atom is -0.339 e. The van der Waals surface area contributed by atoms with Gasteiger partial charge < -0.3 is 16.0 Å². The molecule has 3 N–H and O–H groups in total. The molecule has 1 atom stereocenters. The van der Waals surface area contributed by atoms with Gasteiger partial charge in [-0.15, -0.1) is 0 Å². The lowest BCUT2D eigenvalue weighted by Gasteiger charge is -2.28. The van der Waals surface area contributed by atoms with Crippen LogP contribution in [-0.2, 0) is 0 Å². The normalized spacial score (nSPS) is 12.2. The highest BCUT2D eigenvalue weighted by molar-refractivity contribution is 7.80. The van der Waals surface area contributed by atoms with Gasteiger partial charge in [0.1, 0.15) is 6.17 Å². The number of hydrogen-bond donors (Lipinski definition) is 3. The fraction of sp³-hybridized carbons (Fsp3) is 0.222. The van der Waals surface area contributed by atoms with Crippen molar-refractivity contribution in [2.45, 2.75) is 23.8 Å². The summed E-state index contributed by atoms with van der Waals surface area (Å²) in [5, 5.41) is 9.09. The highest BCUT2D eigenvalue weighted by atomic mass is 35.6. The fourth-order valence-electron chi connectivity index (χ4n) is 2.29. The predicted molar refractivity (Wildman–Crippen MR) is 118 cm³/mol. The van der Waals surface area contributed by atoms with Gasteiger partial charge in [0.05, 0.1) is 0 Å². The van der Waals surface area contributed by atoms with E-state index in [0.717, 1.165) is 16.8 Å².